The molecule has 10 heteroatoms. The van der Waals surface area contributed by atoms with Crippen LogP contribution in [0.25, 0.3) is 11.4 Å². The molecule has 2 amide bonds. The number of aromatic nitrogens is 2. The molecule has 9 nitrogen and oxygen atoms in total. The van der Waals surface area contributed by atoms with Gasteiger partial charge in [-0.2, -0.15) is 0 Å². The highest BCUT2D eigenvalue weighted by Crippen LogP contribution is 2.25. The minimum absolute atomic E-state index is 0.0122. The molecule has 0 radical (unpaired) electrons. The number of nitrogens with two attached hydrogens (primary N) is 3. The third kappa shape index (κ3) is 5.26. The quantitative estimate of drug-likeness (QED) is 0.437. The molecule has 0 saturated heterocycles. The Labute approximate surface area is 171 Å². The first-order valence-electron chi connectivity index (χ1n) is 8.83. The largest absolute Gasteiger partial charge is 0.457 e. The summed E-state index contributed by atoms with van der Waals surface area (Å²) in [5.74, 6) is -0.284. The molecule has 0 aliphatic heterocycles. The third-order valence-corrected chi connectivity index (χ3v) is 4.01. The number of nitrogens with one attached hydrogen (secondary N) is 1. The number of carbonyl (C=O) groups excluding carboxylic acids is 2. The Bertz CT molecular complexity index is 1060. The van der Waals surface area contributed by atoms with Crippen LogP contribution in [0.2, 0.25) is 0 Å². The molecule has 3 aromatic rings. The second-order valence-electron chi connectivity index (χ2n) is 6.30. The minimum atomic E-state index is -0.927. The van der Waals surface area contributed by atoms with Crippen molar-refractivity contribution in [2.45, 2.75) is 6.04 Å². The van der Waals surface area contributed by atoms with E-state index < -0.39 is 17.9 Å². The van der Waals surface area contributed by atoms with Gasteiger partial charge in [0.1, 0.15) is 34.9 Å². The summed E-state index contributed by atoms with van der Waals surface area (Å²) in [6, 6.07) is 12.8. The topological polar surface area (TPSA) is 159 Å². The molecule has 0 spiro atoms. The highest BCUT2D eigenvalue weighted by molar-refractivity contribution is 5.92. The van der Waals surface area contributed by atoms with Crippen LogP contribution in [-0.4, -0.2) is 34.4 Å². The average Bonchev–Trinajstić information content (AvgIpc) is 2.74. The lowest BCUT2D eigenvalue weighted by Gasteiger charge is -2.12. The van der Waals surface area contributed by atoms with Crippen LogP contribution < -0.4 is 27.3 Å². The molecule has 0 fully saturated rings. The number of carbonyl (C=O) groups is 2. The van der Waals surface area contributed by atoms with Gasteiger partial charge in [0.2, 0.25) is 5.91 Å². The zero-order valence-corrected chi connectivity index (χ0v) is 15.7. The third-order valence-electron chi connectivity index (χ3n) is 4.01. The van der Waals surface area contributed by atoms with Crippen LogP contribution in [-0.2, 0) is 4.79 Å². The van der Waals surface area contributed by atoms with Gasteiger partial charge in [-0.3, -0.25) is 9.59 Å². The summed E-state index contributed by atoms with van der Waals surface area (Å²) in [6.45, 7) is 0.0223. The molecular formula is C20H19FN6O3. The number of primary amides is 2. The minimum Gasteiger partial charge on any atom is -0.457 e. The molecule has 0 bridgehead atoms. The van der Waals surface area contributed by atoms with Crippen LogP contribution >= 0.6 is 0 Å². The van der Waals surface area contributed by atoms with Crippen LogP contribution in [0, 0.1) is 5.82 Å². The molecule has 0 aliphatic carbocycles. The number of benzene rings is 2. The normalized spacial score (nSPS) is 11.5. The van der Waals surface area contributed by atoms with E-state index in [9.17, 15) is 14.0 Å². The van der Waals surface area contributed by atoms with Crippen molar-refractivity contribution in [1.29, 1.82) is 0 Å². The Morgan fingerprint density at radius 3 is 2.17 bits per heavy atom. The molecule has 7 N–H and O–H groups in total. The van der Waals surface area contributed by atoms with Gasteiger partial charge in [0.15, 0.2) is 5.82 Å². The summed E-state index contributed by atoms with van der Waals surface area (Å²) in [5.41, 5.74) is 16.7. The predicted molar refractivity (Wildman–Crippen MR) is 108 cm³/mol. The highest BCUT2D eigenvalue weighted by Gasteiger charge is 2.13. The van der Waals surface area contributed by atoms with Crippen LogP contribution in [0.3, 0.4) is 0 Å². The second kappa shape index (κ2) is 8.97. The van der Waals surface area contributed by atoms with Crippen molar-refractivity contribution in [3.63, 3.8) is 0 Å². The van der Waals surface area contributed by atoms with Crippen LogP contribution in [0.4, 0.5) is 10.2 Å². The van der Waals surface area contributed by atoms with Crippen molar-refractivity contribution >= 4 is 17.6 Å². The maximum atomic E-state index is 13.0. The van der Waals surface area contributed by atoms with E-state index in [1.807, 2.05) is 0 Å². The number of hydrogen-bond acceptors (Lipinski definition) is 7. The van der Waals surface area contributed by atoms with E-state index in [2.05, 4.69) is 15.3 Å². The van der Waals surface area contributed by atoms with Crippen LogP contribution in [0.5, 0.6) is 11.5 Å². The number of rotatable bonds is 8. The standard InChI is InChI=1S/C20H19FN6O3/c21-12-3-7-14(8-4-12)30-13-5-1-11(2-6-13)20-26-16(19(24)29)9-17(27-20)25-10-15(22)18(23)28/h1-9,15H,10,22H2,(H2,23,28)(H2,24,29)(H,25,26,27). The number of anilines is 1. The van der Waals surface area contributed by atoms with Gasteiger partial charge in [-0.1, -0.05) is 0 Å². The molecule has 3 rings (SSSR count). The highest BCUT2D eigenvalue weighted by atomic mass is 19.1. The summed E-state index contributed by atoms with van der Waals surface area (Å²) >= 11 is 0. The van der Waals surface area contributed by atoms with Crippen molar-refractivity contribution in [2.75, 3.05) is 11.9 Å². The van der Waals surface area contributed by atoms with Gasteiger partial charge in [-0.25, -0.2) is 14.4 Å². The smallest absolute Gasteiger partial charge is 0.267 e. The fourth-order valence-electron chi connectivity index (χ4n) is 2.42. The van der Waals surface area contributed by atoms with Gasteiger partial charge in [0, 0.05) is 18.2 Å². The first-order chi connectivity index (χ1) is 14.3. The molecule has 30 heavy (non-hydrogen) atoms. The number of ether oxygens (including phenoxy) is 1. The van der Waals surface area contributed by atoms with Gasteiger partial charge < -0.3 is 27.3 Å². The summed E-state index contributed by atoms with van der Waals surface area (Å²) in [6.07, 6.45) is 0. The number of nitrogens with zero attached hydrogens (tertiary/aromatic N) is 2. The molecule has 1 unspecified atom stereocenters. The number of amides is 2. The Hall–Kier alpha value is -4.05. The lowest BCUT2D eigenvalue weighted by molar-refractivity contribution is -0.118. The average molecular weight is 410 g/mol. The van der Waals surface area contributed by atoms with E-state index >= 15 is 0 Å². The first-order valence-corrected chi connectivity index (χ1v) is 8.83. The molecule has 1 heterocycles. The van der Waals surface area contributed by atoms with Crippen molar-refractivity contribution < 1.29 is 18.7 Å². The maximum Gasteiger partial charge on any atom is 0.267 e. The Morgan fingerprint density at radius 1 is 1.00 bits per heavy atom. The van der Waals surface area contributed by atoms with E-state index in [0.29, 0.717) is 17.1 Å². The molecule has 0 saturated carbocycles. The zero-order valence-electron chi connectivity index (χ0n) is 15.7. The Morgan fingerprint density at radius 2 is 1.60 bits per heavy atom. The summed E-state index contributed by atoms with van der Waals surface area (Å²) in [5, 5.41) is 2.84. The molecule has 0 aliphatic rings. The van der Waals surface area contributed by atoms with Crippen molar-refractivity contribution in [2.24, 2.45) is 17.2 Å². The van der Waals surface area contributed by atoms with Gasteiger partial charge in [0.25, 0.3) is 5.91 Å². The van der Waals surface area contributed by atoms with Crippen LogP contribution in [0.1, 0.15) is 10.5 Å². The monoisotopic (exact) mass is 410 g/mol. The lowest BCUT2D eigenvalue weighted by atomic mass is 10.2. The van der Waals surface area contributed by atoms with Crippen molar-refractivity contribution in [3.05, 3.63) is 66.1 Å². The fourth-order valence-corrected chi connectivity index (χ4v) is 2.42. The van der Waals surface area contributed by atoms with Gasteiger partial charge in [-0.15, -0.1) is 0 Å². The Balaban J connectivity index is 1.81. The first kappa shape index (κ1) is 20.7. The molecule has 1 aromatic heterocycles. The van der Waals surface area contributed by atoms with Crippen LogP contribution in [0.15, 0.2) is 54.6 Å². The van der Waals surface area contributed by atoms with Gasteiger partial charge in [0.05, 0.1) is 0 Å². The number of halogens is 1. The summed E-state index contributed by atoms with van der Waals surface area (Å²) < 4.78 is 18.6. The predicted octanol–water partition coefficient (Wildman–Crippen LogP) is 1.40. The van der Waals surface area contributed by atoms with E-state index in [1.165, 1.54) is 30.3 Å². The molecule has 1 atom stereocenters. The van der Waals surface area contributed by atoms with Gasteiger partial charge >= 0.3 is 0 Å². The molecular weight excluding hydrogens is 391 g/mol. The second-order valence-corrected chi connectivity index (χ2v) is 6.30. The van der Waals surface area contributed by atoms with Crippen molar-refractivity contribution in [1.82, 2.24) is 9.97 Å². The SMILES string of the molecule is NC(=O)c1cc(NCC(N)C(N)=O)nc(-c2ccc(Oc3ccc(F)cc3)cc2)n1. The lowest BCUT2D eigenvalue weighted by Crippen LogP contribution is -2.41. The summed E-state index contributed by atoms with van der Waals surface area (Å²) in [7, 11) is 0. The van der Waals surface area contributed by atoms with Crippen molar-refractivity contribution in [3.8, 4) is 22.9 Å². The zero-order chi connectivity index (χ0) is 21.7. The molecule has 2 aromatic carbocycles. The fraction of sp³-hybridized carbons (Fsp3) is 0.100. The van der Waals surface area contributed by atoms with E-state index in [-0.39, 0.29) is 29.7 Å². The maximum absolute atomic E-state index is 13.0. The summed E-state index contributed by atoms with van der Waals surface area (Å²) in [4.78, 5) is 31.2. The van der Waals surface area contributed by atoms with E-state index in [1.54, 1.807) is 24.3 Å². The number of hydrogen-bond donors (Lipinski definition) is 4. The molecule has 154 valence electrons. The van der Waals surface area contributed by atoms with E-state index in [4.69, 9.17) is 21.9 Å². The Kier molecular flexibility index (Phi) is 6.18. The van der Waals surface area contributed by atoms with E-state index in [0.717, 1.165) is 0 Å². The van der Waals surface area contributed by atoms with Gasteiger partial charge in [-0.05, 0) is 48.5 Å².